The van der Waals surface area contributed by atoms with Crippen molar-refractivity contribution in [3.63, 3.8) is 0 Å². The van der Waals surface area contributed by atoms with Crippen LogP contribution in [0.15, 0.2) is 66.9 Å². The second-order valence-electron chi connectivity index (χ2n) is 11.1. The summed E-state index contributed by atoms with van der Waals surface area (Å²) in [6.45, 7) is 10.7. The van der Waals surface area contributed by atoms with Gasteiger partial charge in [0.05, 0.1) is 17.9 Å². The van der Waals surface area contributed by atoms with Gasteiger partial charge in [-0.15, -0.1) is 0 Å². The summed E-state index contributed by atoms with van der Waals surface area (Å²) in [6.07, 6.45) is 1.22. The van der Waals surface area contributed by atoms with Crippen molar-refractivity contribution in [2.24, 2.45) is 0 Å². The zero-order valence-corrected chi connectivity index (χ0v) is 23.3. The van der Waals surface area contributed by atoms with Gasteiger partial charge in [-0.3, -0.25) is 9.59 Å². The number of nitrogens with one attached hydrogen (secondary N) is 2. The fourth-order valence-electron chi connectivity index (χ4n) is 3.70. The van der Waals surface area contributed by atoms with Crippen molar-refractivity contribution in [1.29, 1.82) is 0 Å². The van der Waals surface area contributed by atoms with Crippen molar-refractivity contribution in [3.8, 4) is 11.1 Å². The van der Waals surface area contributed by atoms with E-state index >= 15 is 0 Å². The molecule has 0 aliphatic rings. The summed E-state index contributed by atoms with van der Waals surface area (Å²) in [5.41, 5.74) is 2.48. The third-order valence-corrected chi connectivity index (χ3v) is 5.23. The quantitative estimate of drug-likeness (QED) is 0.285. The van der Waals surface area contributed by atoms with Crippen LogP contribution in [0.2, 0.25) is 0 Å². The number of rotatable bonds is 8. The highest BCUT2D eigenvalue weighted by atomic mass is 16.6. The molecule has 2 N–H and O–H groups in total. The van der Waals surface area contributed by atoms with Crippen molar-refractivity contribution in [1.82, 2.24) is 15.5 Å². The van der Waals surface area contributed by atoms with E-state index < -0.39 is 35.2 Å². The van der Waals surface area contributed by atoms with E-state index in [0.29, 0.717) is 17.8 Å². The van der Waals surface area contributed by atoms with Crippen molar-refractivity contribution in [2.45, 2.75) is 71.6 Å². The van der Waals surface area contributed by atoms with Gasteiger partial charge in [-0.05, 0) is 77.3 Å². The molecule has 0 radical (unpaired) electrons. The predicted molar refractivity (Wildman–Crippen MR) is 149 cm³/mol. The summed E-state index contributed by atoms with van der Waals surface area (Å²) in [5.74, 6) is -1.04. The molecule has 2 aromatic carbocycles. The summed E-state index contributed by atoms with van der Waals surface area (Å²) in [6, 6.07) is 18.3. The maximum Gasteiger partial charge on any atom is 0.408 e. The number of carbonyl (C=O) groups excluding carboxylic acids is 3. The lowest BCUT2D eigenvalue weighted by molar-refractivity contribution is -0.155. The minimum absolute atomic E-state index is 0.371. The molecule has 2 amide bonds. The first kappa shape index (κ1) is 29.3. The number of hydrogen-bond acceptors (Lipinski definition) is 7. The van der Waals surface area contributed by atoms with Crippen LogP contribution in [-0.4, -0.2) is 39.4 Å². The Balaban J connectivity index is 1.75. The number of alkyl carbamates (subject to hydrolysis) is 1. The van der Waals surface area contributed by atoms with Gasteiger partial charge in [0, 0.05) is 11.3 Å². The number of carbonyl (C=O) groups is 3. The third kappa shape index (κ3) is 10.2. The smallest absolute Gasteiger partial charge is 0.408 e. The van der Waals surface area contributed by atoms with E-state index in [-0.39, 0.29) is 6.42 Å². The number of benzene rings is 2. The highest BCUT2D eigenvalue weighted by Crippen LogP contribution is 2.25. The molecule has 1 atom stereocenters. The first-order valence-corrected chi connectivity index (χ1v) is 12.8. The Morgan fingerprint density at radius 1 is 0.846 bits per heavy atom. The molecule has 9 heteroatoms. The predicted octanol–water partition coefficient (Wildman–Crippen LogP) is 5.62. The summed E-state index contributed by atoms with van der Waals surface area (Å²) in [4.78, 5) is 36.7. The Labute approximate surface area is 229 Å². The lowest BCUT2D eigenvalue weighted by Gasteiger charge is -2.23. The Bertz CT molecular complexity index is 1280. The van der Waals surface area contributed by atoms with Crippen molar-refractivity contribution < 1.29 is 23.9 Å². The molecule has 0 aliphatic carbocycles. The van der Waals surface area contributed by atoms with Crippen LogP contribution in [0, 0.1) is 0 Å². The zero-order chi connectivity index (χ0) is 28.6. The average molecular weight is 533 g/mol. The van der Waals surface area contributed by atoms with Crippen LogP contribution in [0.5, 0.6) is 0 Å². The molecule has 39 heavy (non-hydrogen) atoms. The van der Waals surface area contributed by atoms with Crippen LogP contribution >= 0.6 is 0 Å². The molecule has 1 aromatic heterocycles. The first-order chi connectivity index (χ1) is 18.3. The van der Waals surface area contributed by atoms with Gasteiger partial charge in [-0.25, -0.2) is 4.79 Å². The molecule has 0 fully saturated rings. The molecule has 0 bridgehead atoms. The number of amides is 2. The average Bonchev–Trinajstić information content (AvgIpc) is 2.82. The van der Waals surface area contributed by atoms with Gasteiger partial charge in [-0.2, -0.15) is 10.2 Å². The fraction of sp³-hybridized carbons (Fsp3) is 0.367. The third-order valence-electron chi connectivity index (χ3n) is 5.23. The molecule has 9 nitrogen and oxygen atoms in total. The summed E-state index contributed by atoms with van der Waals surface area (Å²) in [5, 5.41) is 14.1. The Hall–Kier alpha value is -4.27. The van der Waals surface area contributed by atoms with Crippen molar-refractivity contribution in [3.05, 3.63) is 78.1 Å². The minimum atomic E-state index is -0.654. The Kier molecular flexibility index (Phi) is 9.40. The van der Waals surface area contributed by atoms with E-state index in [4.69, 9.17) is 9.47 Å². The van der Waals surface area contributed by atoms with Crippen molar-refractivity contribution >= 4 is 23.7 Å². The standard InChI is InChI=1S/C30H36N4O5/c1-29(2,3)38-27(36)18-26(35)32-23-14-12-21(13-15-23)22-17-25(34-31-19-22)24(16-20-10-8-7-9-11-20)33-28(37)39-30(4,5)6/h7-15,17,19,24H,16,18H2,1-6H3,(H,32,35)(H,33,37)/t24-/m0/s1. The largest absolute Gasteiger partial charge is 0.460 e. The second-order valence-corrected chi connectivity index (χ2v) is 11.1. The van der Waals surface area contributed by atoms with Gasteiger partial charge in [-0.1, -0.05) is 42.5 Å². The van der Waals surface area contributed by atoms with Crippen LogP contribution in [0.1, 0.15) is 65.3 Å². The van der Waals surface area contributed by atoms with E-state index in [2.05, 4.69) is 20.8 Å². The lowest BCUT2D eigenvalue weighted by atomic mass is 10.0. The second kappa shape index (κ2) is 12.5. The fourth-order valence-corrected chi connectivity index (χ4v) is 3.70. The molecule has 0 spiro atoms. The number of anilines is 1. The summed E-state index contributed by atoms with van der Waals surface area (Å²) < 4.78 is 10.7. The molecule has 1 heterocycles. The number of aromatic nitrogens is 2. The molecule has 0 unspecified atom stereocenters. The number of ether oxygens (including phenoxy) is 2. The topological polar surface area (TPSA) is 120 Å². The minimum Gasteiger partial charge on any atom is -0.460 e. The summed E-state index contributed by atoms with van der Waals surface area (Å²) >= 11 is 0. The number of hydrogen-bond donors (Lipinski definition) is 2. The van der Waals surface area contributed by atoms with E-state index in [0.717, 1.165) is 16.7 Å². The molecule has 0 aliphatic heterocycles. The highest BCUT2D eigenvalue weighted by Gasteiger charge is 2.23. The Morgan fingerprint density at radius 2 is 1.49 bits per heavy atom. The summed E-state index contributed by atoms with van der Waals surface area (Å²) in [7, 11) is 0. The van der Waals surface area contributed by atoms with Crippen LogP contribution in [0.3, 0.4) is 0 Å². The molecule has 0 saturated heterocycles. The van der Waals surface area contributed by atoms with Crippen LogP contribution in [0.25, 0.3) is 11.1 Å². The number of esters is 1. The van der Waals surface area contributed by atoms with Gasteiger partial charge in [0.1, 0.15) is 17.6 Å². The lowest BCUT2D eigenvalue weighted by Crippen LogP contribution is -2.36. The molecular formula is C30H36N4O5. The van der Waals surface area contributed by atoms with E-state index in [1.54, 1.807) is 39.1 Å². The first-order valence-electron chi connectivity index (χ1n) is 12.8. The molecule has 3 aromatic rings. The van der Waals surface area contributed by atoms with Crippen LogP contribution in [0.4, 0.5) is 10.5 Å². The zero-order valence-electron chi connectivity index (χ0n) is 23.3. The molecule has 206 valence electrons. The van der Waals surface area contributed by atoms with Gasteiger partial charge in [0.25, 0.3) is 0 Å². The molecular weight excluding hydrogens is 496 g/mol. The van der Waals surface area contributed by atoms with Gasteiger partial charge in [0.15, 0.2) is 0 Å². The van der Waals surface area contributed by atoms with Gasteiger partial charge < -0.3 is 20.1 Å². The monoisotopic (exact) mass is 532 g/mol. The van der Waals surface area contributed by atoms with Gasteiger partial charge >= 0.3 is 12.1 Å². The van der Waals surface area contributed by atoms with Gasteiger partial charge in [0.2, 0.25) is 5.91 Å². The van der Waals surface area contributed by atoms with E-state index in [1.165, 1.54) is 0 Å². The normalized spacial score (nSPS) is 12.3. The van der Waals surface area contributed by atoms with E-state index in [9.17, 15) is 14.4 Å². The molecule has 0 saturated carbocycles. The Morgan fingerprint density at radius 3 is 2.10 bits per heavy atom. The molecule has 3 rings (SSSR count). The van der Waals surface area contributed by atoms with Crippen LogP contribution < -0.4 is 10.6 Å². The number of nitrogens with zero attached hydrogens (tertiary/aromatic N) is 2. The van der Waals surface area contributed by atoms with Crippen LogP contribution in [-0.2, 0) is 25.5 Å². The SMILES string of the molecule is CC(C)(C)OC(=O)CC(=O)Nc1ccc(-c2cnnc([C@H](Cc3ccccc3)NC(=O)OC(C)(C)C)c2)cc1. The maximum atomic E-state index is 12.6. The maximum absolute atomic E-state index is 12.6. The van der Waals surface area contributed by atoms with E-state index in [1.807, 2.05) is 69.3 Å². The van der Waals surface area contributed by atoms with Crippen molar-refractivity contribution in [2.75, 3.05) is 5.32 Å². The highest BCUT2D eigenvalue weighted by molar-refractivity contribution is 6.02.